The largest absolute Gasteiger partial charge is 0.393 e. The molecule has 0 saturated carbocycles. The Labute approximate surface area is 101 Å². The van der Waals surface area contributed by atoms with Gasteiger partial charge in [-0.25, -0.2) is 0 Å². The van der Waals surface area contributed by atoms with Crippen LogP contribution < -0.4 is 11.1 Å². The molecule has 3 N–H and O–H groups in total. The van der Waals surface area contributed by atoms with Crippen molar-refractivity contribution in [2.45, 2.75) is 39.2 Å². The molecule has 0 aliphatic carbocycles. The van der Waals surface area contributed by atoms with Crippen molar-refractivity contribution in [3.63, 3.8) is 0 Å². The third-order valence-corrected chi connectivity index (χ3v) is 2.74. The Morgan fingerprint density at radius 2 is 2.18 bits per heavy atom. The first-order chi connectivity index (χ1) is 8.10. The monoisotopic (exact) mass is 237 g/mol. The van der Waals surface area contributed by atoms with Gasteiger partial charge in [0.25, 0.3) is 0 Å². The van der Waals surface area contributed by atoms with Gasteiger partial charge in [0, 0.05) is 6.04 Å². The van der Waals surface area contributed by atoms with Gasteiger partial charge in [-0.3, -0.25) is 10.1 Å². The van der Waals surface area contributed by atoms with E-state index in [0.29, 0.717) is 5.69 Å². The van der Waals surface area contributed by atoms with Gasteiger partial charge in [-0.2, -0.15) is 0 Å². The average molecular weight is 237 g/mol. The van der Waals surface area contributed by atoms with Gasteiger partial charge >= 0.3 is 5.69 Å². The van der Waals surface area contributed by atoms with Gasteiger partial charge in [-0.1, -0.05) is 26.3 Å². The lowest BCUT2D eigenvalue weighted by atomic mass is 10.1. The second-order valence-electron chi connectivity index (χ2n) is 4.04. The van der Waals surface area contributed by atoms with Crippen LogP contribution in [0.5, 0.6) is 0 Å². The van der Waals surface area contributed by atoms with Crippen molar-refractivity contribution in [1.82, 2.24) is 0 Å². The summed E-state index contributed by atoms with van der Waals surface area (Å²) in [4.78, 5) is 10.5. The van der Waals surface area contributed by atoms with Crippen molar-refractivity contribution in [3.8, 4) is 0 Å². The maximum Gasteiger partial charge on any atom is 0.314 e. The maximum atomic E-state index is 11.0. The third kappa shape index (κ3) is 3.34. The molecule has 0 saturated heterocycles. The SMILES string of the molecule is CCCC(CC)Nc1cccc(N)c1[N+](=O)[O-]. The highest BCUT2D eigenvalue weighted by molar-refractivity contribution is 5.74. The van der Waals surface area contributed by atoms with Crippen molar-refractivity contribution in [2.24, 2.45) is 0 Å². The van der Waals surface area contributed by atoms with Crippen molar-refractivity contribution in [1.29, 1.82) is 0 Å². The minimum atomic E-state index is -0.434. The van der Waals surface area contributed by atoms with Gasteiger partial charge in [0.2, 0.25) is 0 Å². The van der Waals surface area contributed by atoms with Crippen molar-refractivity contribution < 1.29 is 4.92 Å². The molecule has 5 nitrogen and oxygen atoms in total. The van der Waals surface area contributed by atoms with E-state index in [2.05, 4.69) is 19.2 Å². The second-order valence-corrected chi connectivity index (χ2v) is 4.04. The molecule has 5 heteroatoms. The number of nitrogens with one attached hydrogen (secondary N) is 1. The molecule has 1 unspecified atom stereocenters. The Morgan fingerprint density at radius 3 is 2.71 bits per heavy atom. The molecule has 1 atom stereocenters. The molecular weight excluding hydrogens is 218 g/mol. The van der Waals surface area contributed by atoms with Gasteiger partial charge in [0.1, 0.15) is 11.4 Å². The van der Waals surface area contributed by atoms with E-state index in [1.165, 1.54) is 0 Å². The highest BCUT2D eigenvalue weighted by atomic mass is 16.6. The zero-order valence-corrected chi connectivity index (χ0v) is 10.3. The maximum absolute atomic E-state index is 11.0. The molecule has 0 fully saturated rings. The van der Waals surface area contributed by atoms with Gasteiger partial charge in [0.05, 0.1) is 4.92 Å². The first-order valence-corrected chi connectivity index (χ1v) is 5.89. The summed E-state index contributed by atoms with van der Waals surface area (Å²) in [5.41, 5.74) is 6.32. The van der Waals surface area contributed by atoms with Crippen molar-refractivity contribution >= 4 is 17.1 Å². The average Bonchev–Trinajstić information content (AvgIpc) is 2.28. The summed E-state index contributed by atoms with van der Waals surface area (Å²) in [6, 6.07) is 5.22. The number of anilines is 2. The summed E-state index contributed by atoms with van der Waals surface area (Å²) < 4.78 is 0. The number of nitro groups is 1. The lowest BCUT2D eigenvalue weighted by Gasteiger charge is -2.17. The summed E-state index contributed by atoms with van der Waals surface area (Å²) >= 11 is 0. The number of para-hydroxylation sites is 1. The number of nitrogen functional groups attached to an aromatic ring is 1. The van der Waals surface area contributed by atoms with Crippen LogP contribution in [0.4, 0.5) is 17.1 Å². The quantitative estimate of drug-likeness (QED) is 0.452. The number of hydrogen-bond acceptors (Lipinski definition) is 4. The Morgan fingerprint density at radius 1 is 1.47 bits per heavy atom. The van der Waals surface area contributed by atoms with Gasteiger partial charge in [0.15, 0.2) is 0 Å². The van der Waals surface area contributed by atoms with E-state index >= 15 is 0 Å². The molecule has 0 aliphatic rings. The van der Waals surface area contributed by atoms with E-state index in [1.807, 2.05) is 0 Å². The van der Waals surface area contributed by atoms with E-state index in [4.69, 9.17) is 5.73 Å². The van der Waals surface area contributed by atoms with Crippen LogP contribution in [-0.4, -0.2) is 11.0 Å². The fourth-order valence-electron chi connectivity index (χ4n) is 1.83. The summed E-state index contributed by atoms with van der Waals surface area (Å²) in [6.07, 6.45) is 2.96. The summed E-state index contributed by atoms with van der Waals surface area (Å²) in [7, 11) is 0. The van der Waals surface area contributed by atoms with Crippen molar-refractivity contribution in [2.75, 3.05) is 11.1 Å². The molecule has 0 aromatic heterocycles. The minimum Gasteiger partial charge on any atom is -0.393 e. The highest BCUT2D eigenvalue weighted by Gasteiger charge is 2.19. The van der Waals surface area contributed by atoms with Crippen LogP contribution >= 0.6 is 0 Å². The summed E-state index contributed by atoms with van der Waals surface area (Å²) in [5.74, 6) is 0. The lowest BCUT2D eigenvalue weighted by molar-refractivity contribution is -0.383. The smallest absolute Gasteiger partial charge is 0.314 e. The number of benzene rings is 1. The van der Waals surface area contributed by atoms with Crippen LogP contribution in [0.1, 0.15) is 33.1 Å². The summed E-state index contributed by atoms with van der Waals surface area (Å²) in [5, 5.41) is 14.2. The highest BCUT2D eigenvalue weighted by Crippen LogP contribution is 2.31. The van der Waals surface area contributed by atoms with E-state index in [1.54, 1.807) is 18.2 Å². The molecule has 94 valence electrons. The molecule has 0 bridgehead atoms. The number of nitrogens with two attached hydrogens (primary N) is 1. The third-order valence-electron chi connectivity index (χ3n) is 2.74. The number of hydrogen-bond donors (Lipinski definition) is 2. The number of nitrogens with zero attached hydrogens (tertiary/aromatic N) is 1. The standard InChI is InChI=1S/C12H19N3O2/c1-3-6-9(4-2)14-11-8-5-7-10(13)12(11)15(16)17/h5,7-9,14H,3-4,6,13H2,1-2H3. The predicted octanol–water partition coefficient (Wildman–Crippen LogP) is 3.17. The van der Waals surface area contributed by atoms with E-state index in [0.717, 1.165) is 19.3 Å². The normalized spacial score (nSPS) is 12.1. The van der Waals surface area contributed by atoms with Gasteiger partial charge in [-0.15, -0.1) is 0 Å². The molecular formula is C12H19N3O2. The molecule has 17 heavy (non-hydrogen) atoms. The Balaban J connectivity index is 2.97. The van der Waals surface area contributed by atoms with Crippen LogP contribution in [0.3, 0.4) is 0 Å². The zero-order chi connectivity index (χ0) is 12.8. The van der Waals surface area contributed by atoms with Crippen LogP contribution in [0.15, 0.2) is 18.2 Å². The van der Waals surface area contributed by atoms with Crippen LogP contribution in [0.2, 0.25) is 0 Å². The fraction of sp³-hybridized carbons (Fsp3) is 0.500. The van der Waals surface area contributed by atoms with E-state index in [-0.39, 0.29) is 17.4 Å². The summed E-state index contributed by atoms with van der Waals surface area (Å²) in [6.45, 7) is 4.16. The van der Waals surface area contributed by atoms with E-state index in [9.17, 15) is 10.1 Å². The first kappa shape index (κ1) is 13.3. The molecule has 1 aromatic rings. The fourth-order valence-corrected chi connectivity index (χ4v) is 1.83. The Bertz CT molecular complexity index is 393. The first-order valence-electron chi connectivity index (χ1n) is 5.89. The topological polar surface area (TPSA) is 81.2 Å². The van der Waals surface area contributed by atoms with Gasteiger partial charge < -0.3 is 11.1 Å². The van der Waals surface area contributed by atoms with Crippen LogP contribution in [0, 0.1) is 10.1 Å². The van der Waals surface area contributed by atoms with Crippen molar-refractivity contribution in [3.05, 3.63) is 28.3 Å². The van der Waals surface area contributed by atoms with E-state index < -0.39 is 4.92 Å². The molecule has 1 rings (SSSR count). The Kier molecular flexibility index (Phi) is 4.75. The number of rotatable bonds is 6. The Hall–Kier alpha value is -1.78. The van der Waals surface area contributed by atoms with Crippen LogP contribution in [-0.2, 0) is 0 Å². The van der Waals surface area contributed by atoms with Crippen LogP contribution in [0.25, 0.3) is 0 Å². The lowest BCUT2D eigenvalue weighted by Crippen LogP contribution is -2.19. The zero-order valence-electron chi connectivity index (χ0n) is 10.3. The molecule has 0 radical (unpaired) electrons. The minimum absolute atomic E-state index is 0.0259. The molecule has 0 aliphatic heterocycles. The molecule has 0 amide bonds. The van der Waals surface area contributed by atoms with Gasteiger partial charge in [-0.05, 0) is 25.0 Å². The molecule has 1 aromatic carbocycles. The second kappa shape index (κ2) is 6.08. The molecule has 0 heterocycles. The number of nitro benzene ring substituents is 1. The predicted molar refractivity (Wildman–Crippen MR) is 70.1 cm³/mol. The molecule has 0 spiro atoms.